The van der Waals surface area contributed by atoms with E-state index in [-0.39, 0.29) is 5.91 Å². The maximum Gasteiger partial charge on any atom is 0.253 e. The van der Waals surface area contributed by atoms with Crippen molar-refractivity contribution < 1.29 is 4.79 Å². The molecule has 0 heterocycles. The molecule has 1 aliphatic rings. The fraction of sp³-hybridized carbons (Fsp3) is 0.556. The average Bonchev–Trinajstić information content (AvgIpc) is 3.05. The van der Waals surface area contributed by atoms with Crippen LogP contribution in [0.5, 0.6) is 0 Å². The van der Waals surface area contributed by atoms with Crippen LogP contribution in [0.1, 0.15) is 48.5 Å². The molecule has 0 bridgehead atoms. The van der Waals surface area contributed by atoms with E-state index in [1.54, 1.807) is 19.0 Å². The number of nitrogens with one attached hydrogen (secondary N) is 2. The fourth-order valence-corrected chi connectivity index (χ4v) is 2.76. The first-order chi connectivity index (χ1) is 11.1. The zero-order chi connectivity index (χ0) is 16.7. The van der Waals surface area contributed by atoms with E-state index in [0.717, 1.165) is 18.1 Å². The highest BCUT2D eigenvalue weighted by atomic mass is 16.2. The van der Waals surface area contributed by atoms with Gasteiger partial charge in [-0.15, -0.1) is 0 Å². The van der Waals surface area contributed by atoms with Gasteiger partial charge in [0.05, 0.1) is 6.54 Å². The van der Waals surface area contributed by atoms with Crippen LogP contribution >= 0.6 is 0 Å². The molecule has 5 heteroatoms. The molecule has 1 fully saturated rings. The average molecular weight is 316 g/mol. The SMILES string of the molecule is CCNC(=NCc1ccc(C(=O)N(C)C)cc1)NC1CCCC1. The Labute approximate surface area is 139 Å². The van der Waals surface area contributed by atoms with Gasteiger partial charge in [0.1, 0.15) is 0 Å². The smallest absolute Gasteiger partial charge is 0.253 e. The van der Waals surface area contributed by atoms with Crippen molar-refractivity contribution in [3.05, 3.63) is 35.4 Å². The van der Waals surface area contributed by atoms with Crippen LogP contribution in [0, 0.1) is 0 Å². The second kappa shape index (κ2) is 8.56. The van der Waals surface area contributed by atoms with Crippen LogP contribution in [-0.2, 0) is 6.54 Å². The Balaban J connectivity index is 1.96. The lowest BCUT2D eigenvalue weighted by molar-refractivity contribution is 0.0827. The van der Waals surface area contributed by atoms with E-state index in [0.29, 0.717) is 18.2 Å². The van der Waals surface area contributed by atoms with Crippen molar-refractivity contribution in [1.82, 2.24) is 15.5 Å². The number of benzene rings is 1. The number of hydrogen-bond acceptors (Lipinski definition) is 2. The van der Waals surface area contributed by atoms with Crippen LogP contribution in [0.4, 0.5) is 0 Å². The van der Waals surface area contributed by atoms with E-state index in [4.69, 9.17) is 0 Å². The van der Waals surface area contributed by atoms with Gasteiger partial charge in [-0.05, 0) is 37.5 Å². The highest BCUT2D eigenvalue weighted by Crippen LogP contribution is 2.17. The van der Waals surface area contributed by atoms with Crippen molar-refractivity contribution in [2.24, 2.45) is 4.99 Å². The van der Waals surface area contributed by atoms with Gasteiger partial charge in [0.25, 0.3) is 5.91 Å². The molecule has 126 valence electrons. The first-order valence-corrected chi connectivity index (χ1v) is 8.45. The molecule has 0 atom stereocenters. The summed E-state index contributed by atoms with van der Waals surface area (Å²) in [4.78, 5) is 18.1. The second-order valence-corrected chi connectivity index (χ2v) is 6.22. The molecule has 1 aliphatic carbocycles. The topological polar surface area (TPSA) is 56.7 Å². The van der Waals surface area contributed by atoms with Crippen LogP contribution in [0.3, 0.4) is 0 Å². The Morgan fingerprint density at radius 2 is 1.87 bits per heavy atom. The molecule has 0 saturated heterocycles. The number of rotatable bonds is 5. The Morgan fingerprint density at radius 3 is 2.43 bits per heavy atom. The second-order valence-electron chi connectivity index (χ2n) is 6.22. The maximum atomic E-state index is 11.9. The molecule has 0 radical (unpaired) electrons. The van der Waals surface area contributed by atoms with Crippen molar-refractivity contribution >= 4 is 11.9 Å². The summed E-state index contributed by atoms with van der Waals surface area (Å²) in [5, 5.41) is 6.81. The van der Waals surface area contributed by atoms with E-state index >= 15 is 0 Å². The Bertz CT molecular complexity index is 530. The van der Waals surface area contributed by atoms with Gasteiger partial charge in [-0.1, -0.05) is 25.0 Å². The highest BCUT2D eigenvalue weighted by molar-refractivity contribution is 5.93. The van der Waals surface area contributed by atoms with E-state index in [1.807, 2.05) is 24.3 Å². The number of carbonyl (C=O) groups is 1. The lowest BCUT2D eigenvalue weighted by Gasteiger charge is -2.16. The molecule has 0 aliphatic heterocycles. The first kappa shape index (κ1) is 17.3. The van der Waals surface area contributed by atoms with Gasteiger partial charge in [-0.25, -0.2) is 4.99 Å². The minimum Gasteiger partial charge on any atom is -0.357 e. The monoisotopic (exact) mass is 316 g/mol. The summed E-state index contributed by atoms with van der Waals surface area (Å²) in [5.41, 5.74) is 1.81. The minimum absolute atomic E-state index is 0.0243. The number of aliphatic imine (C=N–C) groups is 1. The molecule has 2 N–H and O–H groups in total. The number of hydrogen-bond donors (Lipinski definition) is 2. The molecule has 0 spiro atoms. The van der Waals surface area contributed by atoms with Gasteiger partial charge in [0.15, 0.2) is 5.96 Å². The van der Waals surface area contributed by atoms with Gasteiger partial charge in [0.2, 0.25) is 0 Å². The van der Waals surface area contributed by atoms with Crippen molar-refractivity contribution in [3.63, 3.8) is 0 Å². The van der Waals surface area contributed by atoms with Crippen molar-refractivity contribution in [1.29, 1.82) is 0 Å². The lowest BCUT2D eigenvalue weighted by atomic mass is 10.1. The molecule has 5 nitrogen and oxygen atoms in total. The molecule has 1 aromatic rings. The van der Waals surface area contributed by atoms with E-state index < -0.39 is 0 Å². The Kier molecular flexibility index (Phi) is 6.44. The van der Waals surface area contributed by atoms with Crippen molar-refractivity contribution in [3.8, 4) is 0 Å². The van der Waals surface area contributed by atoms with E-state index in [9.17, 15) is 4.79 Å². The molecule has 0 aromatic heterocycles. The molecule has 1 aromatic carbocycles. The molecular weight excluding hydrogens is 288 g/mol. The first-order valence-electron chi connectivity index (χ1n) is 8.45. The zero-order valence-corrected chi connectivity index (χ0v) is 14.4. The highest BCUT2D eigenvalue weighted by Gasteiger charge is 2.15. The summed E-state index contributed by atoms with van der Waals surface area (Å²) in [6.45, 7) is 3.54. The van der Waals surface area contributed by atoms with Crippen LogP contribution in [-0.4, -0.2) is 43.4 Å². The number of amides is 1. The molecule has 23 heavy (non-hydrogen) atoms. The summed E-state index contributed by atoms with van der Waals surface area (Å²) in [5.74, 6) is 0.907. The summed E-state index contributed by atoms with van der Waals surface area (Å²) in [6.07, 6.45) is 5.06. The molecular formula is C18H28N4O. The normalized spacial score (nSPS) is 15.5. The van der Waals surface area contributed by atoms with Gasteiger partial charge in [-0.2, -0.15) is 0 Å². The van der Waals surface area contributed by atoms with Gasteiger partial charge in [0, 0.05) is 32.2 Å². The maximum absolute atomic E-state index is 11.9. The lowest BCUT2D eigenvalue weighted by Crippen LogP contribution is -2.42. The third kappa shape index (κ3) is 5.27. The number of carbonyl (C=O) groups excluding carboxylic acids is 1. The van der Waals surface area contributed by atoms with Gasteiger partial charge >= 0.3 is 0 Å². The van der Waals surface area contributed by atoms with Crippen LogP contribution in [0.25, 0.3) is 0 Å². The number of guanidine groups is 1. The molecule has 0 unspecified atom stereocenters. The summed E-state index contributed by atoms with van der Waals surface area (Å²) in [7, 11) is 3.52. The van der Waals surface area contributed by atoms with Crippen molar-refractivity contribution in [2.75, 3.05) is 20.6 Å². The summed E-state index contributed by atoms with van der Waals surface area (Å²) < 4.78 is 0. The quantitative estimate of drug-likeness (QED) is 0.648. The van der Waals surface area contributed by atoms with Crippen LogP contribution < -0.4 is 10.6 Å². The van der Waals surface area contributed by atoms with Crippen LogP contribution in [0.15, 0.2) is 29.3 Å². The molecule has 1 amide bonds. The van der Waals surface area contributed by atoms with Gasteiger partial charge < -0.3 is 15.5 Å². The van der Waals surface area contributed by atoms with Crippen molar-refractivity contribution in [2.45, 2.75) is 45.2 Å². The molecule has 1 saturated carbocycles. The largest absolute Gasteiger partial charge is 0.357 e. The minimum atomic E-state index is 0.0243. The third-order valence-electron chi connectivity index (χ3n) is 4.07. The standard InChI is InChI=1S/C18H28N4O/c1-4-19-18(21-16-7-5-6-8-16)20-13-14-9-11-15(12-10-14)17(23)22(2)3/h9-12,16H,4-8,13H2,1-3H3,(H2,19,20,21). The summed E-state index contributed by atoms with van der Waals surface area (Å²) in [6, 6.07) is 8.22. The number of nitrogens with zero attached hydrogens (tertiary/aromatic N) is 2. The van der Waals surface area contributed by atoms with Crippen LogP contribution in [0.2, 0.25) is 0 Å². The fourth-order valence-electron chi connectivity index (χ4n) is 2.76. The predicted molar refractivity (Wildman–Crippen MR) is 94.7 cm³/mol. The summed E-state index contributed by atoms with van der Waals surface area (Å²) >= 11 is 0. The third-order valence-corrected chi connectivity index (χ3v) is 4.07. The van der Waals surface area contributed by atoms with E-state index in [1.165, 1.54) is 25.7 Å². The predicted octanol–water partition coefficient (Wildman–Crippen LogP) is 2.39. The van der Waals surface area contributed by atoms with E-state index in [2.05, 4.69) is 22.5 Å². The Hall–Kier alpha value is -2.04. The van der Waals surface area contributed by atoms with Gasteiger partial charge in [-0.3, -0.25) is 4.79 Å². The Morgan fingerprint density at radius 1 is 1.22 bits per heavy atom. The molecule has 2 rings (SSSR count). The zero-order valence-electron chi connectivity index (χ0n) is 14.4.